The van der Waals surface area contributed by atoms with Gasteiger partial charge in [-0.1, -0.05) is 11.6 Å². The van der Waals surface area contributed by atoms with Crippen molar-refractivity contribution >= 4 is 23.0 Å². The van der Waals surface area contributed by atoms with Crippen LogP contribution in [0.5, 0.6) is 0 Å². The zero-order valence-corrected chi connectivity index (χ0v) is 11.5. The van der Waals surface area contributed by atoms with Gasteiger partial charge in [-0.2, -0.15) is 0 Å². The highest BCUT2D eigenvalue weighted by molar-refractivity contribution is 6.31. The summed E-state index contributed by atoms with van der Waals surface area (Å²) in [6.07, 6.45) is 0.318. The Morgan fingerprint density at radius 2 is 1.81 bits per heavy atom. The zero-order valence-electron chi connectivity index (χ0n) is 10.8. The molecule has 2 aromatic carbocycles. The van der Waals surface area contributed by atoms with Crippen LogP contribution in [-0.4, -0.2) is 11.5 Å². The van der Waals surface area contributed by atoms with Gasteiger partial charge in [-0.15, -0.1) is 0 Å². The number of hydrogen-bond donors (Lipinski definition) is 1. The molecule has 0 spiro atoms. The van der Waals surface area contributed by atoms with E-state index in [0.717, 1.165) is 6.07 Å². The molecule has 0 amide bonds. The van der Waals surface area contributed by atoms with Crippen molar-refractivity contribution in [3.8, 4) is 0 Å². The Kier molecular flexibility index (Phi) is 4.70. The highest BCUT2D eigenvalue weighted by Gasteiger charge is 2.13. The van der Waals surface area contributed by atoms with E-state index in [-0.39, 0.29) is 17.9 Å². The van der Waals surface area contributed by atoms with Crippen molar-refractivity contribution in [1.82, 2.24) is 0 Å². The van der Waals surface area contributed by atoms with Crippen molar-refractivity contribution in [3.63, 3.8) is 0 Å². The van der Waals surface area contributed by atoms with Crippen LogP contribution in [0.15, 0.2) is 36.4 Å². The Morgan fingerprint density at radius 3 is 2.43 bits per heavy atom. The molecule has 110 valence electrons. The first-order valence-electron chi connectivity index (χ1n) is 6.08. The monoisotopic (exact) mass is 312 g/mol. The number of anilines is 1. The Balaban J connectivity index is 2.06. The molecule has 4 nitrogen and oxygen atoms in total. The summed E-state index contributed by atoms with van der Waals surface area (Å²) in [5.74, 6) is -1.31. The van der Waals surface area contributed by atoms with Crippen LogP contribution >= 0.6 is 11.6 Å². The van der Waals surface area contributed by atoms with E-state index in [1.54, 1.807) is 0 Å². The van der Waals surface area contributed by atoms with Gasteiger partial charge < -0.3 is 5.32 Å². The van der Waals surface area contributed by atoms with Gasteiger partial charge in [0.2, 0.25) is 0 Å². The van der Waals surface area contributed by atoms with Crippen molar-refractivity contribution in [2.45, 2.75) is 6.42 Å². The van der Waals surface area contributed by atoms with Gasteiger partial charge in [0.15, 0.2) is 0 Å². The van der Waals surface area contributed by atoms with E-state index in [0.29, 0.717) is 17.0 Å². The topological polar surface area (TPSA) is 55.2 Å². The van der Waals surface area contributed by atoms with E-state index in [1.807, 2.05) is 0 Å². The minimum absolute atomic E-state index is 0.107. The summed E-state index contributed by atoms with van der Waals surface area (Å²) in [7, 11) is 0. The third-order valence-electron chi connectivity index (χ3n) is 2.81. The largest absolute Gasteiger partial charge is 0.379 e. The van der Waals surface area contributed by atoms with Gasteiger partial charge in [0.25, 0.3) is 5.69 Å². The maximum atomic E-state index is 13.0. The number of halogens is 3. The first-order chi connectivity index (χ1) is 9.95. The minimum Gasteiger partial charge on any atom is -0.379 e. The molecule has 0 saturated heterocycles. The molecule has 0 radical (unpaired) electrons. The molecule has 0 bridgehead atoms. The summed E-state index contributed by atoms with van der Waals surface area (Å²) in [6.45, 7) is 0.282. The second-order valence-electron chi connectivity index (χ2n) is 4.37. The molecule has 0 atom stereocenters. The maximum Gasteiger partial charge on any atom is 0.292 e. The molecule has 0 aliphatic heterocycles. The SMILES string of the molecule is O=[N+]([O-])c1ccc(Cl)cc1NCCc1cc(F)cc(F)c1. The van der Waals surface area contributed by atoms with Crippen LogP contribution in [0.25, 0.3) is 0 Å². The molecule has 7 heteroatoms. The molecule has 2 rings (SSSR count). The Morgan fingerprint density at radius 1 is 1.14 bits per heavy atom. The van der Waals surface area contributed by atoms with Crippen molar-refractivity contribution in [3.05, 3.63) is 68.7 Å². The fourth-order valence-corrected chi connectivity index (χ4v) is 2.08. The summed E-state index contributed by atoms with van der Waals surface area (Å²) >= 11 is 5.80. The van der Waals surface area contributed by atoms with Crippen molar-refractivity contribution in [2.75, 3.05) is 11.9 Å². The average molecular weight is 313 g/mol. The lowest BCUT2D eigenvalue weighted by Crippen LogP contribution is -2.07. The number of nitrogens with zero attached hydrogens (tertiary/aromatic N) is 1. The lowest BCUT2D eigenvalue weighted by Gasteiger charge is -2.08. The number of hydrogen-bond acceptors (Lipinski definition) is 3. The minimum atomic E-state index is -0.654. The molecule has 0 heterocycles. The predicted octanol–water partition coefficient (Wildman–Crippen LogP) is 4.18. The molecule has 0 saturated carbocycles. The lowest BCUT2D eigenvalue weighted by molar-refractivity contribution is -0.384. The van der Waals surface area contributed by atoms with Crippen LogP contribution in [0.1, 0.15) is 5.56 Å². The average Bonchev–Trinajstić information content (AvgIpc) is 2.37. The van der Waals surface area contributed by atoms with E-state index in [9.17, 15) is 18.9 Å². The molecule has 2 aromatic rings. The van der Waals surface area contributed by atoms with Gasteiger partial charge in [-0.05, 0) is 36.2 Å². The lowest BCUT2D eigenvalue weighted by atomic mass is 10.1. The fraction of sp³-hybridized carbons (Fsp3) is 0.143. The molecule has 0 aliphatic carbocycles. The van der Waals surface area contributed by atoms with Gasteiger partial charge in [-0.3, -0.25) is 10.1 Å². The van der Waals surface area contributed by atoms with Gasteiger partial charge in [0.1, 0.15) is 17.3 Å². The van der Waals surface area contributed by atoms with E-state index in [4.69, 9.17) is 11.6 Å². The molecule has 21 heavy (non-hydrogen) atoms. The van der Waals surface area contributed by atoms with Gasteiger partial charge in [0.05, 0.1) is 4.92 Å². The highest BCUT2D eigenvalue weighted by Crippen LogP contribution is 2.27. The van der Waals surface area contributed by atoms with E-state index in [2.05, 4.69) is 5.32 Å². The molecule has 0 unspecified atom stereocenters. The molecule has 0 fully saturated rings. The van der Waals surface area contributed by atoms with Crippen LogP contribution in [0.3, 0.4) is 0 Å². The third-order valence-corrected chi connectivity index (χ3v) is 3.04. The summed E-state index contributed by atoms with van der Waals surface area (Å²) in [5, 5.41) is 14.1. The number of nitrogens with one attached hydrogen (secondary N) is 1. The van der Waals surface area contributed by atoms with Crippen molar-refractivity contribution in [1.29, 1.82) is 0 Å². The molecule has 0 aliphatic rings. The van der Waals surface area contributed by atoms with Gasteiger partial charge in [0, 0.05) is 23.7 Å². The Hall–Kier alpha value is -2.21. The van der Waals surface area contributed by atoms with Crippen molar-refractivity contribution in [2.24, 2.45) is 0 Å². The second-order valence-corrected chi connectivity index (χ2v) is 4.81. The van der Waals surface area contributed by atoms with Crippen LogP contribution < -0.4 is 5.32 Å². The maximum absolute atomic E-state index is 13.0. The molecule has 1 N–H and O–H groups in total. The second kappa shape index (κ2) is 6.49. The van der Waals surface area contributed by atoms with Crippen LogP contribution in [0.4, 0.5) is 20.2 Å². The number of nitro benzene ring substituents is 1. The number of benzene rings is 2. The summed E-state index contributed by atoms with van der Waals surface area (Å²) in [4.78, 5) is 10.4. The number of nitro groups is 1. The van der Waals surface area contributed by atoms with Crippen LogP contribution in [0.2, 0.25) is 5.02 Å². The highest BCUT2D eigenvalue weighted by atomic mass is 35.5. The summed E-state index contributed by atoms with van der Waals surface area (Å²) < 4.78 is 26.1. The predicted molar refractivity (Wildman–Crippen MR) is 76.7 cm³/mol. The van der Waals surface area contributed by atoms with E-state index >= 15 is 0 Å². The summed E-state index contributed by atoms with van der Waals surface area (Å²) in [6, 6.07) is 7.39. The number of rotatable bonds is 5. The fourth-order valence-electron chi connectivity index (χ4n) is 1.91. The van der Waals surface area contributed by atoms with Gasteiger partial charge in [-0.25, -0.2) is 8.78 Å². The molecular formula is C14H11ClF2N2O2. The normalized spacial score (nSPS) is 10.4. The summed E-state index contributed by atoms with van der Waals surface area (Å²) in [5.41, 5.74) is 0.624. The standard InChI is InChI=1S/C14H11ClF2N2O2/c15-10-1-2-14(19(20)21)13(7-10)18-4-3-9-5-11(16)8-12(17)6-9/h1-2,5-8,18H,3-4H2. The first kappa shape index (κ1) is 15.2. The first-order valence-corrected chi connectivity index (χ1v) is 6.46. The smallest absolute Gasteiger partial charge is 0.292 e. The Bertz CT molecular complexity index is 660. The molecule has 0 aromatic heterocycles. The van der Waals surface area contributed by atoms with Gasteiger partial charge >= 0.3 is 0 Å². The zero-order chi connectivity index (χ0) is 15.4. The molecular weight excluding hydrogens is 302 g/mol. The van der Waals surface area contributed by atoms with E-state index in [1.165, 1.54) is 30.3 Å². The van der Waals surface area contributed by atoms with Crippen LogP contribution in [0, 0.1) is 21.7 Å². The Labute approximate surface area is 124 Å². The quantitative estimate of drug-likeness (QED) is 0.665. The third kappa shape index (κ3) is 4.13. The van der Waals surface area contributed by atoms with E-state index < -0.39 is 16.6 Å². The van der Waals surface area contributed by atoms with Crippen molar-refractivity contribution < 1.29 is 13.7 Å². The van der Waals surface area contributed by atoms with Crippen LogP contribution in [-0.2, 0) is 6.42 Å².